The smallest absolute Gasteiger partial charge is 0.348 e. The summed E-state index contributed by atoms with van der Waals surface area (Å²) in [7, 11) is 1.28. The van der Waals surface area contributed by atoms with Crippen molar-refractivity contribution in [2.75, 3.05) is 12.3 Å². The molecule has 11 heteroatoms. The minimum Gasteiger partial charge on any atom is -0.453 e. The number of nitrogens with zero attached hydrogens (tertiary/aromatic N) is 4. The molecule has 0 saturated heterocycles. The van der Waals surface area contributed by atoms with E-state index in [4.69, 9.17) is 10.5 Å². The van der Waals surface area contributed by atoms with Gasteiger partial charge in [0.2, 0.25) is 5.78 Å². The van der Waals surface area contributed by atoms with E-state index in [0.717, 1.165) is 26.0 Å². The third-order valence-corrected chi connectivity index (χ3v) is 6.76. The van der Waals surface area contributed by atoms with Gasteiger partial charge in [-0.2, -0.15) is 5.10 Å². The maximum Gasteiger partial charge on any atom is 0.348 e. The van der Waals surface area contributed by atoms with E-state index >= 15 is 0 Å². The Morgan fingerprint density at radius 3 is 2.57 bits per heavy atom. The van der Waals surface area contributed by atoms with Crippen LogP contribution in [0.4, 0.5) is 5.82 Å². The predicted molar refractivity (Wildman–Crippen MR) is 133 cm³/mol. The van der Waals surface area contributed by atoms with Crippen LogP contribution >= 0.6 is 11.3 Å². The number of benzene rings is 1. The van der Waals surface area contributed by atoms with Crippen molar-refractivity contribution in [2.24, 2.45) is 7.05 Å². The summed E-state index contributed by atoms with van der Waals surface area (Å²) in [5.41, 5.74) is 6.03. The first kappa shape index (κ1) is 24.1. The Balaban J connectivity index is 1.55. The number of ketones is 1. The number of Topliss-reactive ketones (excluding diaryl/α,β-unsaturated/α-hetero) is 1. The molecule has 3 heterocycles. The van der Waals surface area contributed by atoms with Crippen LogP contribution in [0.2, 0.25) is 0 Å². The summed E-state index contributed by atoms with van der Waals surface area (Å²) < 4.78 is 9.05. The number of aryl methyl sites for hydroxylation is 1. The Labute approximate surface area is 204 Å². The van der Waals surface area contributed by atoms with Gasteiger partial charge >= 0.3 is 11.7 Å². The van der Waals surface area contributed by atoms with Crippen LogP contribution in [0.5, 0.6) is 0 Å². The van der Waals surface area contributed by atoms with Crippen molar-refractivity contribution in [3.63, 3.8) is 0 Å². The molecule has 0 atom stereocenters. The second kappa shape index (κ2) is 9.71. The Kier molecular flexibility index (Phi) is 6.70. The highest BCUT2D eigenvalue weighted by Gasteiger charge is 2.24. The molecule has 182 valence electrons. The number of hydrogen-bond donors (Lipinski definition) is 1. The number of nitrogens with two attached hydrogens (primary N) is 1. The zero-order chi connectivity index (χ0) is 25.3. The number of fused-ring (bicyclic) bond motifs is 1. The molecule has 3 aromatic heterocycles. The van der Waals surface area contributed by atoms with Gasteiger partial charge < -0.3 is 10.5 Å². The number of aromatic nitrogens is 4. The number of carbonyl (C=O) groups is 2. The second-order valence-electron chi connectivity index (χ2n) is 8.12. The van der Waals surface area contributed by atoms with E-state index in [2.05, 4.69) is 5.10 Å². The van der Waals surface area contributed by atoms with Crippen molar-refractivity contribution < 1.29 is 14.3 Å². The van der Waals surface area contributed by atoms with E-state index in [9.17, 15) is 19.2 Å². The lowest BCUT2D eigenvalue weighted by Gasteiger charge is -2.13. The summed E-state index contributed by atoms with van der Waals surface area (Å²) >= 11 is 1.22. The molecule has 4 aromatic rings. The lowest BCUT2D eigenvalue weighted by atomic mass is 10.2. The number of nitrogen functional groups attached to an aromatic ring is 1. The molecule has 4 rings (SSSR count). The van der Waals surface area contributed by atoms with Gasteiger partial charge in [0.15, 0.2) is 6.61 Å². The number of anilines is 1. The number of hydrogen-bond acceptors (Lipinski definition) is 8. The summed E-state index contributed by atoms with van der Waals surface area (Å²) in [4.78, 5) is 51.5. The highest BCUT2D eigenvalue weighted by molar-refractivity contribution is 7.20. The Morgan fingerprint density at radius 1 is 1.17 bits per heavy atom. The maximum absolute atomic E-state index is 12.8. The van der Waals surface area contributed by atoms with Gasteiger partial charge in [0.1, 0.15) is 21.1 Å². The quantitative estimate of drug-likeness (QED) is 0.293. The van der Waals surface area contributed by atoms with Crippen molar-refractivity contribution in [3.05, 3.63) is 78.9 Å². The summed E-state index contributed by atoms with van der Waals surface area (Å²) in [5, 5.41) is 5.39. The van der Waals surface area contributed by atoms with Gasteiger partial charge in [-0.05, 0) is 25.0 Å². The predicted octanol–water partition coefficient (Wildman–Crippen LogP) is 2.35. The second-order valence-corrected chi connectivity index (χ2v) is 9.15. The van der Waals surface area contributed by atoms with Crippen molar-refractivity contribution >= 4 is 39.1 Å². The van der Waals surface area contributed by atoms with E-state index < -0.39 is 29.6 Å². The van der Waals surface area contributed by atoms with E-state index in [0.29, 0.717) is 17.8 Å². The molecule has 10 nitrogen and oxygen atoms in total. The Hall–Kier alpha value is -3.99. The molecule has 0 unspecified atom stereocenters. The molecule has 0 spiro atoms. The molecule has 2 N–H and O–H groups in total. The molecular formula is C24H25N5O5S. The average molecular weight is 496 g/mol. The fourth-order valence-electron chi connectivity index (χ4n) is 3.84. The summed E-state index contributed by atoms with van der Waals surface area (Å²) in [6, 6.07) is 11.5. The molecule has 0 aliphatic heterocycles. The fraction of sp³-hybridized carbons (Fsp3) is 0.292. The van der Waals surface area contributed by atoms with Crippen LogP contribution in [0, 0.1) is 6.92 Å². The third kappa shape index (κ3) is 4.54. The number of carbonyl (C=O) groups excluding carboxylic acids is 2. The number of rotatable bonds is 8. The normalized spacial score (nSPS) is 11.2. The molecule has 0 amide bonds. The van der Waals surface area contributed by atoms with Crippen molar-refractivity contribution in [3.8, 4) is 0 Å². The van der Waals surface area contributed by atoms with E-state index in [1.807, 2.05) is 48.9 Å². The Morgan fingerprint density at radius 2 is 1.89 bits per heavy atom. The Bertz CT molecular complexity index is 1540. The van der Waals surface area contributed by atoms with Crippen LogP contribution < -0.4 is 17.0 Å². The van der Waals surface area contributed by atoms with Gasteiger partial charge in [-0.1, -0.05) is 37.3 Å². The first-order valence-corrected chi connectivity index (χ1v) is 11.8. The van der Waals surface area contributed by atoms with Gasteiger partial charge in [-0.25, -0.2) is 9.59 Å². The molecule has 0 saturated carbocycles. The SMILES string of the molecule is CCCn1c(N)c(C(=O)COC(=O)c2cc3c(C)nn(Cc4ccccc4)c3s2)c(=O)n(C)c1=O. The van der Waals surface area contributed by atoms with Gasteiger partial charge in [-0.15, -0.1) is 11.3 Å². The number of ether oxygens (including phenoxy) is 1. The standard InChI is InChI=1S/C24H25N5O5S/c1-4-10-28-20(25)19(21(31)27(3)24(28)33)17(30)13-34-23(32)18-11-16-14(2)26-29(22(16)35-18)12-15-8-6-5-7-9-15/h5-9,11H,4,10,12-13,25H2,1-3H3. The summed E-state index contributed by atoms with van der Waals surface area (Å²) in [6.07, 6.45) is 0.581. The average Bonchev–Trinajstić information content (AvgIpc) is 3.41. The summed E-state index contributed by atoms with van der Waals surface area (Å²) in [5.74, 6) is -1.68. The first-order chi connectivity index (χ1) is 16.7. The highest BCUT2D eigenvalue weighted by atomic mass is 32.1. The highest BCUT2D eigenvalue weighted by Crippen LogP contribution is 2.29. The van der Waals surface area contributed by atoms with E-state index in [1.54, 1.807) is 6.07 Å². The molecule has 1 aromatic carbocycles. The molecule has 35 heavy (non-hydrogen) atoms. The molecule has 0 aliphatic carbocycles. The molecule has 0 aliphatic rings. The van der Waals surface area contributed by atoms with Gasteiger partial charge in [0.25, 0.3) is 5.56 Å². The van der Waals surface area contributed by atoms with Crippen molar-refractivity contribution in [2.45, 2.75) is 33.4 Å². The van der Waals surface area contributed by atoms with E-state index in [1.165, 1.54) is 23.0 Å². The van der Waals surface area contributed by atoms with Crippen LogP contribution in [0.15, 0.2) is 46.0 Å². The van der Waals surface area contributed by atoms with Crippen LogP contribution in [-0.2, 0) is 24.9 Å². The topological polar surface area (TPSA) is 131 Å². The van der Waals surface area contributed by atoms with Crippen LogP contribution in [-0.4, -0.2) is 37.3 Å². The van der Waals surface area contributed by atoms with Crippen LogP contribution in [0.3, 0.4) is 0 Å². The monoisotopic (exact) mass is 495 g/mol. The maximum atomic E-state index is 12.8. The molecule has 0 bridgehead atoms. The van der Waals surface area contributed by atoms with Gasteiger partial charge in [-0.3, -0.25) is 23.4 Å². The minimum absolute atomic E-state index is 0.223. The van der Waals surface area contributed by atoms with Crippen LogP contribution in [0.25, 0.3) is 10.2 Å². The number of thiophene rings is 1. The van der Waals surface area contributed by atoms with Crippen LogP contribution in [0.1, 0.15) is 44.6 Å². The zero-order valence-corrected chi connectivity index (χ0v) is 20.4. The third-order valence-electron chi connectivity index (χ3n) is 5.63. The minimum atomic E-state index is -0.820. The van der Waals surface area contributed by atoms with Crippen molar-refractivity contribution in [1.29, 1.82) is 0 Å². The molecule has 0 radical (unpaired) electrons. The number of esters is 1. The van der Waals surface area contributed by atoms with E-state index in [-0.39, 0.29) is 17.9 Å². The fourth-order valence-corrected chi connectivity index (χ4v) is 4.89. The van der Waals surface area contributed by atoms with Gasteiger partial charge in [0.05, 0.1) is 12.2 Å². The largest absolute Gasteiger partial charge is 0.453 e. The van der Waals surface area contributed by atoms with Gasteiger partial charge in [0, 0.05) is 19.0 Å². The summed E-state index contributed by atoms with van der Waals surface area (Å²) in [6.45, 7) is 3.83. The zero-order valence-electron chi connectivity index (χ0n) is 19.6. The lowest BCUT2D eigenvalue weighted by Crippen LogP contribution is -2.43. The molecular weight excluding hydrogens is 470 g/mol. The molecule has 0 fully saturated rings. The lowest BCUT2D eigenvalue weighted by molar-refractivity contribution is 0.0479. The first-order valence-electron chi connectivity index (χ1n) is 11.0. The van der Waals surface area contributed by atoms with Crippen molar-refractivity contribution in [1.82, 2.24) is 18.9 Å².